The molecule has 0 fully saturated rings. The molecule has 0 bridgehead atoms. The van der Waals surface area contributed by atoms with Crippen LogP contribution < -0.4 is 5.32 Å². The van der Waals surface area contributed by atoms with Crippen LogP contribution in [0, 0.1) is 0 Å². The van der Waals surface area contributed by atoms with E-state index in [1.165, 1.54) is 9.80 Å². The number of carbonyl (C=O) groups excluding carboxylic acids is 4. The zero-order chi connectivity index (χ0) is 26.4. The number of unbranched alkanes of at least 4 members (excludes halogenated alkanes) is 1. The molecule has 1 heterocycles. The molecule has 0 spiro atoms. The number of ether oxygens (including phenoxy) is 2. The second kappa shape index (κ2) is 11.5. The van der Waals surface area contributed by atoms with Gasteiger partial charge in [0.1, 0.15) is 11.2 Å². The lowest BCUT2D eigenvalue weighted by Gasteiger charge is -2.29. The number of aliphatic hydroxyl groups excluding tert-OH is 1. The molecule has 0 aromatic heterocycles. The number of hydrogen-bond acceptors (Lipinski definition) is 7. The van der Waals surface area contributed by atoms with Gasteiger partial charge in [-0.1, -0.05) is 12.1 Å². The second-order valence-electron chi connectivity index (χ2n) is 10.5. The van der Waals surface area contributed by atoms with Gasteiger partial charge < -0.3 is 24.8 Å². The summed E-state index contributed by atoms with van der Waals surface area (Å²) in [6, 6.07) is 6.70. The Hall–Kier alpha value is -3.14. The van der Waals surface area contributed by atoms with Crippen molar-refractivity contribution in [2.24, 2.45) is 0 Å². The van der Waals surface area contributed by atoms with Crippen molar-refractivity contribution in [3.05, 3.63) is 35.4 Å². The fourth-order valence-corrected chi connectivity index (χ4v) is 3.43. The summed E-state index contributed by atoms with van der Waals surface area (Å²) in [5.74, 6) is -0.642. The molecule has 1 aromatic rings. The number of fused-ring (bicyclic) bond motifs is 1. The quantitative estimate of drug-likeness (QED) is 0.401. The van der Waals surface area contributed by atoms with Crippen molar-refractivity contribution in [1.82, 2.24) is 15.1 Å². The molecule has 0 unspecified atom stereocenters. The largest absolute Gasteiger partial charge is 0.444 e. The standard InChI is InChI=1S/C25H37N3O7/c1-24(2,3)34-22(32)26-15-17(29)16-27(23(33)35-25(4,5)6)13-9-10-14-28-20(30)18-11-7-8-12-19(18)21(28)31/h7-8,11-12,17,29H,9-10,13-16H2,1-6H3,(H,26,32)/t17-/m1/s1. The molecule has 2 N–H and O–H groups in total. The molecule has 1 aromatic carbocycles. The monoisotopic (exact) mass is 491 g/mol. The number of nitrogens with zero attached hydrogens (tertiary/aromatic N) is 2. The molecule has 1 aliphatic heterocycles. The lowest BCUT2D eigenvalue weighted by Crippen LogP contribution is -2.45. The first-order chi connectivity index (χ1) is 16.2. The van der Waals surface area contributed by atoms with Gasteiger partial charge in [0.05, 0.1) is 23.8 Å². The summed E-state index contributed by atoms with van der Waals surface area (Å²) in [6.07, 6.45) is -1.38. The van der Waals surface area contributed by atoms with Gasteiger partial charge in [-0.15, -0.1) is 0 Å². The number of carbonyl (C=O) groups is 4. The first-order valence-electron chi connectivity index (χ1n) is 11.8. The Morgan fingerprint density at radius 3 is 2.03 bits per heavy atom. The predicted octanol–water partition coefficient (Wildman–Crippen LogP) is 3.19. The fraction of sp³-hybridized carbons (Fsp3) is 0.600. The minimum Gasteiger partial charge on any atom is -0.444 e. The number of hydrogen-bond donors (Lipinski definition) is 2. The Kier molecular flexibility index (Phi) is 9.25. The van der Waals surface area contributed by atoms with Gasteiger partial charge in [0, 0.05) is 19.6 Å². The van der Waals surface area contributed by atoms with Gasteiger partial charge >= 0.3 is 12.2 Å². The minimum absolute atomic E-state index is 0.0717. The summed E-state index contributed by atoms with van der Waals surface area (Å²) in [5, 5.41) is 12.9. The Morgan fingerprint density at radius 2 is 1.51 bits per heavy atom. The smallest absolute Gasteiger partial charge is 0.410 e. The molecule has 0 saturated heterocycles. The molecule has 0 radical (unpaired) electrons. The third-order valence-electron chi connectivity index (χ3n) is 4.90. The van der Waals surface area contributed by atoms with Crippen molar-refractivity contribution in [3.8, 4) is 0 Å². The molecule has 2 rings (SSSR count). The number of aliphatic hydroxyl groups is 1. The van der Waals surface area contributed by atoms with E-state index in [-0.39, 0.29) is 38.0 Å². The summed E-state index contributed by atoms with van der Waals surface area (Å²) in [7, 11) is 0. The van der Waals surface area contributed by atoms with E-state index in [0.717, 1.165) is 0 Å². The van der Waals surface area contributed by atoms with E-state index in [1.807, 2.05) is 0 Å². The van der Waals surface area contributed by atoms with Crippen molar-refractivity contribution >= 4 is 24.0 Å². The van der Waals surface area contributed by atoms with Crippen molar-refractivity contribution in [1.29, 1.82) is 0 Å². The van der Waals surface area contributed by atoms with E-state index in [2.05, 4.69) is 5.32 Å². The maximum atomic E-state index is 12.7. The third kappa shape index (κ3) is 8.86. The van der Waals surface area contributed by atoms with Crippen LogP contribution in [0.15, 0.2) is 24.3 Å². The van der Waals surface area contributed by atoms with Crippen LogP contribution in [-0.4, -0.2) is 82.4 Å². The number of alkyl carbamates (subject to hydrolysis) is 1. The second-order valence-corrected chi connectivity index (χ2v) is 10.5. The fourth-order valence-electron chi connectivity index (χ4n) is 3.43. The summed E-state index contributed by atoms with van der Waals surface area (Å²) >= 11 is 0. The van der Waals surface area contributed by atoms with Gasteiger partial charge in [0.15, 0.2) is 0 Å². The molecule has 10 heteroatoms. The van der Waals surface area contributed by atoms with Gasteiger partial charge in [-0.3, -0.25) is 14.5 Å². The van der Waals surface area contributed by atoms with Crippen LogP contribution in [-0.2, 0) is 9.47 Å². The number of amides is 4. The normalized spacial score (nSPS) is 14.4. The van der Waals surface area contributed by atoms with E-state index in [1.54, 1.807) is 65.8 Å². The lowest BCUT2D eigenvalue weighted by molar-refractivity contribution is 0.0134. The van der Waals surface area contributed by atoms with E-state index < -0.39 is 29.5 Å². The summed E-state index contributed by atoms with van der Waals surface area (Å²) in [5.41, 5.74) is -0.603. The Balaban J connectivity index is 1.89. The number of imide groups is 1. The van der Waals surface area contributed by atoms with Crippen LogP contribution in [0.4, 0.5) is 9.59 Å². The van der Waals surface area contributed by atoms with Crippen LogP contribution in [0.3, 0.4) is 0 Å². The van der Waals surface area contributed by atoms with Crippen molar-refractivity contribution in [2.45, 2.75) is 71.7 Å². The third-order valence-corrected chi connectivity index (χ3v) is 4.90. The van der Waals surface area contributed by atoms with Crippen molar-refractivity contribution in [2.75, 3.05) is 26.2 Å². The summed E-state index contributed by atoms with van der Waals surface area (Å²) < 4.78 is 10.6. The molecule has 35 heavy (non-hydrogen) atoms. The van der Waals surface area contributed by atoms with E-state index in [9.17, 15) is 24.3 Å². The van der Waals surface area contributed by atoms with E-state index in [4.69, 9.17) is 9.47 Å². The Labute approximate surface area is 206 Å². The van der Waals surface area contributed by atoms with Gasteiger partial charge in [0.2, 0.25) is 0 Å². The van der Waals surface area contributed by atoms with Crippen LogP contribution >= 0.6 is 0 Å². The van der Waals surface area contributed by atoms with Gasteiger partial charge in [-0.2, -0.15) is 0 Å². The average Bonchev–Trinajstić information content (AvgIpc) is 2.97. The number of nitrogens with one attached hydrogen (secondary N) is 1. The Bertz CT molecular complexity index is 899. The summed E-state index contributed by atoms with van der Waals surface area (Å²) in [4.78, 5) is 52.1. The maximum Gasteiger partial charge on any atom is 0.410 e. The highest BCUT2D eigenvalue weighted by Gasteiger charge is 2.34. The highest BCUT2D eigenvalue weighted by atomic mass is 16.6. The Morgan fingerprint density at radius 1 is 0.971 bits per heavy atom. The van der Waals surface area contributed by atoms with Crippen molar-refractivity contribution < 1.29 is 33.8 Å². The highest BCUT2D eigenvalue weighted by Crippen LogP contribution is 2.22. The minimum atomic E-state index is -1.05. The molecular weight excluding hydrogens is 454 g/mol. The predicted molar refractivity (Wildman–Crippen MR) is 129 cm³/mol. The zero-order valence-electron chi connectivity index (χ0n) is 21.4. The van der Waals surface area contributed by atoms with Gasteiger partial charge in [0.25, 0.3) is 11.8 Å². The molecule has 1 aliphatic rings. The molecule has 10 nitrogen and oxygen atoms in total. The number of benzene rings is 1. The number of rotatable bonds is 9. The van der Waals surface area contributed by atoms with E-state index >= 15 is 0 Å². The SMILES string of the molecule is CC(C)(C)OC(=O)NC[C@@H](O)CN(CCCCN1C(=O)c2ccccc2C1=O)C(=O)OC(C)(C)C. The molecule has 1 atom stereocenters. The molecule has 194 valence electrons. The zero-order valence-corrected chi connectivity index (χ0v) is 21.4. The molecule has 4 amide bonds. The molecular formula is C25H37N3O7. The average molecular weight is 492 g/mol. The van der Waals surface area contributed by atoms with Crippen LogP contribution in [0.2, 0.25) is 0 Å². The maximum absolute atomic E-state index is 12.7. The highest BCUT2D eigenvalue weighted by molar-refractivity contribution is 6.21. The topological polar surface area (TPSA) is 125 Å². The van der Waals surface area contributed by atoms with Crippen LogP contribution in [0.5, 0.6) is 0 Å². The van der Waals surface area contributed by atoms with Crippen LogP contribution in [0.25, 0.3) is 0 Å². The van der Waals surface area contributed by atoms with Gasteiger partial charge in [-0.25, -0.2) is 9.59 Å². The molecule has 0 aliphatic carbocycles. The lowest BCUT2D eigenvalue weighted by atomic mass is 10.1. The first kappa shape index (κ1) is 28.1. The van der Waals surface area contributed by atoms with Crippen molar-refractivity contribution in [3.63, 3.8) is 0 Å². The first-order valence-corrected chi connectivity index (χ1v) is 11.8. The van der Waals surface area contributed by atoms with Crippen LogP contribution in [0.1, 0.15) is 75.1 Å². The summed E-state index contributed by atoms with van der Waals surface area (Å²) in [6.45, 7) is 10.7. The van der Waals surface area contributed by atoms with E-state index in [0.29, 0.717) is 24.0 Å². The van der Waals surface area contributed by atoms with Gasteiger partial charge in [-0.05, 0) is 66.5 Å². The molecule has 0 saturated carbocycles.